The fourth-order valence-electron chi connectivity index (χ4n) is 3.65. The number of likely N-dealkylation sites (N-methyl/N-ethyl adjacent to an activating group) is 2. The molecule has 0 bridgehead atoms. The lowest BCUT2D eigenvalue weighted by Crippen LogP contribution is -2.49. The van der Waals surface area contributed by atoms with Crippen LogP contribution < -0.4 is 9.80 Å². The van der Waals surface area contributed by atoms with Crippen molar-refractivity contribution in [1.29, 1.82) is 0 Å². The molecule has 0 aromatic heterocycles. The lowest BCUT2D eigenvalue weighted by Gasteiger charge is -2.40. The molecular formula is C22H30N4O. The van der Waals surface area contributed by atoms with Gasteiger partial charge in [-0.3, -0.25) is 9.69 Å². The van der Waals surface area contributed by atoms with Crippen molar-refractivity contribution < 1.29 is 4.79 Å². The third kappa shape index (κ3) is 4.31. The van der Waals surface area contributed by atoms with Crippen molar-refractivity contribution in [2.45, 2.75) is 6.04 Å². The number of amides is 1. The van der Waals surface area contributed by atoms with Gasteiger partial charge < -0.3 is 14.7 Å². The molecule has 0 N–H and O–H groups in total. The molecule has 1 aliphatic rings. The molecule has 0 saturated heterocycles. The molecule has 27 heavy (non-hydrogen) atoms. The highest BCUT2D eigenvalue weighted by atomic mass is 16.2. The van der Waals surface area contributed by atoms with E-state index in [1.165, 1.54) is 0 Å². The van der Waals surface area contributed by atoms with Crippen LogP contribution in [0.3, 0.4) is 0 Å². The zero-order chi connectivity index (χ0) is 19.4. The summed E-state index contributed by atoms with van der Waals surface area (Å²) in [7, 11) is 8.12. The van der Waals surface area contributed by atoms with E-state index >= 15 is 0 Å². The number of fused-ring (bicyclic) bond motifs is 1. The van der Waals surface area contributed by atoms with Gasteiger partial charge in [0, 0.05) is 26.2 Å². The van der Waals surface area contributed by atoms with Gasteiger partial charge in [-0.1, -0.05) is 42.5 Å². The minimum absolute atomic E-state index is 0.130. The highest BCUT2D eigenvalue weighted by molar-refractivity contribution is 6.01. The zero-order valence-corrected chi connectivity index (χ0v) is 16.8. The highest BCUT2D eigenvalue weighted by Gasteiger charge is 2.32. The molecule has 144 valence electrons. The normalized spacial score (nSPS) is 15.2. The van der Waals surface area contributed by atoms with E-state index in [0.717, 1.165) is 36.6 Å². The molecule has 0 saturated carbocycles. The number of rotatable bonds is 6. The van der Waals surface area contributed by atoms with Crippen molar-refractivity contribution >= 4 is 17.3 Å². The van der Waals surface area contributed by atoms with Crippen LogP contribution in [0.25, 0.3) is 0 Å². The van der Waals surface area contributed by atoms with E-state index in [1.807, 2.05) is 60.3 Å². The number of carbonyl (C=O) groups is 1. The van der Waals surface area contributed by atoms with Crippen LogP contribution in [0.1, 0.15) is 11.6 Å². The summed E-state index contributed by atoms with van der Waals surface area (Å²) in [6.45, 7) is 3.51. The predicted molar refractivity (Wildman–Crippen MR) is 112 cm³/mol. The molecule has 1 aliphatic heterocycles. The van der Waals surface area contributed by atoms with Gasteiger partial charge in [0.25, 0.3) is 0 Å². The maximum Gasteiger partial charge on any atom is 0.249 e. The summed E-state index contributed by atoms with van der Waals surface area (Å²) in [6, 6.07) is 18.0. The number of benzene rings is 2. The monoisotopic (exact) mass is 366 g/mol. The van der Waals surface area contributed by atoms with Crippen molar-refractivity contribution in [2.75, 3.05) is 64.2 Å². The van der Waals surface area contributed by atoms with Crippen molar-refractivity contribution in [2.24, 2.45) is 0 Å². The van der Waals surface area contributed by atoms with Gasteiger partial charge in [-0.05, 0) is 45.9 Å². The Labute approximate surface area is 162 Å². The van der Waals surface area contributed by atoms with Crippen LogP contribution in [-0.4, -0.2) is 70.1 Å². The first-order valence-corrected chi connectivity index (χ1v) is 9.50. The lowest BCUT2D eigenvalue weighted by atomic mass is 10.0. The SMILES string of the molecule is CN(C)CCN1CCN(C(=O)C(c2ccccc2)N(C)C)c2ccccc21. The Hall–Kier alpha value is -2.37. The summed E-state index contributed by atoms with van der Waals surface area (Å²) < 4.78 is 0. The summed E-state index contributed by atoms with van der Waals surface area (Å²) in [5.74, 6) is 0.130. The number of anilines is 2. The van der Waals surface area contributed by atoms with Gasteiger partial charge in [-0.2, -0.15) is 0 Å². The topological polar surface area (TPSA) is 30.0 Å². The van der Waals surface area contributed by atoms with Crippen LogP contribution in [0.5, 0.6) is 0 Å². The number of carbonyl (C=O) groups excluding carboxylic acids is 1. The fraction of sp³-hybridized carbons (Fsp3) is 0.409. The molecule has 5 nitrogen and oxygen atoms in total. The number of hydrogen-bond acceptors (Lipinski definition) is 4. The zero-order valence-electron chi connectivity index (χ0n) is 16.8. The van der Waals surface area contributed by atoms with E-state index in [9.17, 15) is 4.79 Å². The van der Waals surface area contributed by atoms with Gasteiger partial charge in [0.2, 0.25) is 5.91 Å². The molecule has 2 aromatic rings. The highest BCUT2D eigenvalue weighted by Crippen LogP contribution is 2.35. The average Bonchev–Trinajstić information content (AvgIpc) is 2.66. The molecule has 2 aromatic carbocycles. The third-order valence-corrected chi connectivity index (χ3v) is 5.06. The van der Waals surface area contributed by atoms with Gasteiger partial charge in [-0.15, -0.1) is 0 Å². The number of para-hydroxylation sites is 2. The molecule has 1 heterocycles. The van der Waals surface area contributed by atoms with E-state index in [2.05, 4.69) is 42.1 Å². The first-order chi connectivity index (χ1) is 13.0. The second-order valence-electron chi connectivity index (χ2n) is 7.55. The number of nitrogens with zero attached hydrogens (tertiary/aromatic N) is 4. The summed E-state index contributed by atoms with van der Waals surface area (Å²) in [6.07, 6.45) is 0. The summed E-state index contributed by atoms with van der Waals surface area (Å²) in [5.41, 5.74) is 3.18. The van der Waals surface area contributed by atoms with Crippen LogP contribution in [0.2, 0.25) is 0 Å². The minimum Gasteiger partial charge on any atom is -0.367 e. The second kappa shape index (κ2) is 8.55. The van der Waals surface area contributed by atoms with Gasteiger partial charge in [0.1, 0.15) is 6.04 Å². The Bertz CT molecular complexity index is 760. The van der Waals surface area contributed by atoms with E-state index in [-0.39, 0.29) is 11.9 Å². The fourth-order valence-corrected chi connectivity index (χ4v) is 3.65. The van der Waals surface area contributed by atoms with Crippen molar-refractivity contribution in [3.8, 4) is 0 Å². The Morgan fingerprint density at radius 3 is 2.19 bits per heavy atom. The first-order valence-electron chi connectivity index (χ1n) is 9.50. The summed E-state index contributed by atoms with van der Waals surface area (Å²) in [4.78, 5) is 22.1. The summed E-state index contributed by atoms with van der Waals surface area (Å²) in [5, 5.41) is 0. The molecular weight excluding hydrogens is 336 g/mol. The molecule has 3 rings (SSSR count). The van der Waals surface area contributed by atoms with E-state index in [4.69, 9.17) is 0 Å². The Balaban J connectivity index is 1.89. The van der Waals surface area contributed by atoms with Crippen LogP contribution in [-0.2, 0) is 4.79 Å². The lowest BCUT2D eigenvalue weighted by molar-refractivity contribution is -0.123. The van der Waals surface area contributed by atoms with E-state index in [1.54, 1.807) is 0 Å². The maximum atomic E-state index is 13.5. The maximum absolute atomic E-state index is 13.5. The molecule has 1 amide bonds. The minimum atomic E-state index is -0.285. The molecule has 1 atom stereocenters. The van der Waals surface area contributed by atoms with Gasteiger partial charge in [-0.25, -0.2) is 0 Å². The summed E-state index contributed by atoms with van der Waals surface area (Å²) >= 11 is 0. The second-order valence-corrected chi connectivity index (χ2v) is 7.55. The van der Waals surface area contributed by atoms with Crippen molar-refractivity contribution in [3.63, 3.8) is 0 Å². The van der Waals surface area contributed by atoms with Crippen LogP contribution in [0.15, 0.2) is 54.6 Å². The number of hydrogen-bond donors (Lipinski definition) is 0. The average molecular weight is 367 g/mol. The van der Waals surface area contributed by atoms with Crippen molar-refractivity contribution in [3.05, 3.63) is 60.2 Å². The van der Waals surface area contributed by atoms with Gasteiger partial charge in [0.05, 0.1) is 11.4 Å². The van der Waals surface area contributed by atoms with E-state index in [0.29, 0.717) is 6.54 Å². The largest absolute Gasteiger partial charge is 0.367 e. The molecule has 0 radical (unpaired) electrons. The molecule has 0 fully saturated rings. The molecule has 0 aliphatic carbocycles. The van der Waals surface area contributed by atoms with Crippen molar-refractivity contribution in [1.82, 2.24) is 9.80 Å². The Morgan fingerprint density at radius 2 is 1.56 bits per heavy atom. The van der Waals surface area contributed by atoms with Gasteiger partial charge >= 0.3 is 0 Å². The van der Waals surface area contributed by atoms with Gasteiger partial charge in [0.15, 0.2) is 0 Å². The standard InChI is InChI=1S/C22H30N4O/c1-23(2)14-15-25-16-17-26(20-13-9-8-12-19(20)25)22(27)21(24(3)4)18-10-6-5-7-11-18/h5-13,21H,14-17H2,1-4H3. The Morgan fingerprint density at radius 1 is 0.926 bits per heavy atom. The Kier molecular flexibility index (Phi) is 6.14. The van der Waals surface area contributed by atoms with E-state index < -0.39 is 0 Å². The smallest absolute Gasteiger partial charge is 0.249 e. The first kappa shape index (κ1) is 19.4. The van der Waals surface area contributed by atoms with Crippen LogP contribution in [0, 0.1) is 0 Å². The van der Waals surface area contributed by atoms with Crippen LogP contribution in [0.4, 0.5) is 11.4 Å². The molecule has 0 spiro atoms. The van der Waals surface area contributed by atoms with Crippen LogP contribution >= 0.6 is 0 Å². The quantitative estimate of drug-likeness (QED) is 0.786. The third-order valence-electron chi connectivity index (χ3n) is 5.06. The molecule has 1 unspecified atom stereocenters. The predicted octanol–water partition coefficient (Wildman–Crippen LogP) is 2.70. The molecule has 5 heteroatoms.